The van der Waals surface area contributed by atoms with Crippen molar-refractivity contribution >= 4 is 17.3 Å². The number of hydrogen-bond donors (Lipinski definition) is 1. The van der Waals surface area contributed by atoms with E-state index in [1.807, 2.05) is 0 Å². The summed E-state index contributed by atoms with van der Waals surface area (Å²) in [6, 6.07) is 0.328. The summed E-state index contributed by atoms with van der Waals surface area (Å²) >= 11 is 1.76. The number of carboxylic acid groups (broad SMARTS) is 1. The molecule has 2 heterocycles. The lowest BCUT2D eigenvalue weighted by Gasteiger charge is -2.38. The molecule has 0 radical (unpaired) electrons. The monoisotopic (exact) mass is 310 g/mol. The number of aliphatic carboxylic acids is 1. The molecule has 0 spiro atoms. The topological polar surface area (TPSA) is 53.4 Å². The predicted molar refractivity (Wildman–Crippen MR) is 85.7 cm³/mol. The minimum absolute atomic E-state index is 0.246. The van der Waals surface area contributed by atoms with Crippen LogP contribution < -0.4 is 0 Å². The second kappa shape index (κ2) is 6.88. The van der Waals surface area contributed by atoms with Gasteiger partial charge in [-0.1, -0.05) is 6.92 Å². The highest BCUT2D eigenvalue weighted by molar-refractivity contribution is 7.11. The molecule has 4 nitrogen and oxygen atoms in total. The molecule has 21 heavy (non-hydrogen) atoms. The SMILES string of the molecule is Cc1nc(C(C)N2CCCC(C(C)CC(=O)O)C2)c(C)s1. The van der Waals surface area contributed by atoms with Gasteiger partial charge in [-0.3, -0.25) is 9.69 Å². The zero-order valence-corrected chi connectivity index (χ0v) is 14.2. The number of thiazole rings is 1. The standard InChI is InChI=1S/C16H26N2O2S/c1-10(8-15(19)20)14-6-5-7-18(9-14)11(2)16-12(3)21-13(4)17-16/h10-11,14H,5-9H2,1-4H3,(H,19,20). The number of nitrogens with zero attached hydrogens (tertiary/aromatic N) is 2. The smallest absolute Gasteiger partial charge is 0.303 e. The molecule has 0 saturated carbocycles. The van der Waals surface area contributed by atoms with Gasteiger partial charge in [0.1, 0.15) is 0 Å². The van der Waals surface area contributed by atoms with Crippen LogP contribution in [-0.2, 0) is 4.79 Å². The van der Waals surface area contributed by atoms with Gasteiger partial charge in [-0.25, -0.2) is 4.98 Å². The fraction of sp³-hybridized carbons (Fsp3) is 0.750. The van der Waals surface area contributed by atoms with Crippen LogP contribution in [0.5, 0.6) is 0 Å². The number of hydrogen-bond acceptors (Lipinski definition) is 4. The Morgan fingerprint density at radius 1 is 1.48 bits per heavy atom. The summed E-state index contributed by atoms with van der Waals surface area (Å²) in [6.45, 7) is 10.6. The number of carboxylic acids is 1. The Morgan fingerprint density at radius 3 is 2.76 bits per heavy atom. The zero-order valence-electron chi connectivity index (χ0n) is 13.4. The molecule has 1 saturated heterocycles. The largest absolute Gasteiger partial charge is 0.481 e. The fourth-order valence-corrected chi connectivity index (χ4v) is 4.31. The lowest BCUT2D eigenvalue weighted by molar-refractivity contribution is -0.138. The number of carbonyl (C=O) groups is 1. The van der Waals surface area contributed by atoms with Crippen LogP contribution in [0.2, 0.25) is 0 Å². The van der Waals surface area contributed by atoms with Crippen molar-refractivity contribution in [3.63, 3.8) is 0 Å². The Labute approximate surface area is 131 Å². The Kier molecular flexibility index (Phi) is 5.38. The number of likely N-dealkylation sites (tertiary alicyclic amines) is 1. The van der Waals surface area contributed by atoms with Gasteiger partial charge in [0, 0.05) is 17.8 Å². The average Bonchev–Trinajstić information content (AvgIpc) is 2.76. The van der Waals surface area contributed by atoms with E-state index in [-0.39, 0.29) is 12.3 Å². The molecule has 1 N–H and O–H groups in total. The molecule has 0 aromatic carbocycles. The van der Waals surface area contributed by atoms with E-state index in [4.69, 9.17) is 5.11 Å². The summed E-state index contributed by atoms with van der Waals surface area (Å²) in [7, 11) is 0. The van der Waals surface area contributed by atoms with Crippen molar-refractivity contribution in [3.05, 3.63) is 15.6 Å². The van der Waals surface area contributed by atoms with Crippen molar-refractivity contribution in [1.29, 1.82) is 0 Å². The molecule has 1 fully saturated rings. The van der Waals surface area contributed by atoms with Crippen LogP contribution in [0, 0.1) is 25.7 Å². The molecular formula is C16H26N2O2S. The first kappa shape index (κ1) is 16.4. The first-order valence-corrected chi connectivity index (χ1v) is 8.60. The molecule has 1 aromatic heterocycles. The van der Waals surface area contributed by atoms with Crippen LogP contribution in [0.1, 0.15) is 54.7 Å². The van der Waals surface area contributed by atoms with E-state index in [0.717, 1.165) is 30.9 Å². The van der Waals surface area contributed by atoms with E-state index in [1.165, 1.54) is 10.6 Å². The van der Waals surface area contributed by atoms with Crippen LogP contribution in [0.25, 0.3) is 0 Å². The highest BCUT2D eigenvalue weighted by Crippen LogP contribution is 2.33. The molecule has 2 rings (SSSR count). The zero-order chi connectivity index (χ0) is 15.6. The third-order valence-corrected chi connectivity index (χ3v) is 5.58. The minimum Gasteiger partial charge on any atom is -0.481 e. The molecule has 3 atom stereocenters. The van der Waals surface area contributed by atoms with Crippen LogP contribution in [0.15, 0.2) is 0 Å². The Hall–Kier alpha value is -0.940. The molecule has 1 aliphatic heterocycles. The molecule has 0 amide bonds. The molecule has 0 aliphatic carbocycles. The minimum atomic E-state index is -0.682. The number of aryl methyl sites for hydroxylation is 2. The summed E-state index contributed by atoms with van der Waals surface area (Å²) in [5, 5.41) is 10.1. The van der Waals surface area contributed by atoms with Crippen LogP contribution in [0.3, 0.4) is 0 Å². The van der Waals surface area contributed by atoms with Gasteiger partial charge in [-0.15, -0.1) is 11.3 Å². The van der Waals surface area contributed by atoms with Gasteiger partial charge in [0.15, 0.2) is 0 Å². The van der Waals surface area contributed by atoms with E-state index in [0.29, 0.717) is 12.0 Å². The van der Waals surface area contributed by atoms with Gasteiger partial charge in [-0.05, 0) is 52.0 Å². The van der Waals surface area contributed by atoms with Gasteiger partial charge in [0.05, 0.1) is 16.7 Å². The van der Waals surface area contributed by atoms with Crippen molar-refractivity contribution in [1.82, 2.24) is 9.88 Å². The maximum Gasteiger partial charge on any atom is 0.303 e. The first-order valence-electron chi connectivity index (χ1n) is 7.78. The molecule has 0 bridgehead atoms. The quantitative estimate of drug-likeness (QED) is 0.902. The van der Waals surface area contributed by atoms with E-state index in [2.05, 4.69) is 37.6 Å². The van der Waals surface area contributed by atoms with Gasteiger partial charge in [0.2, 0.25) is 0 Å². The Morgan fingerprint density at radius 2 is 2.19 bits per heavy atom. The number of aromatic nitrogens is 1. The highest BCUT2D eigenvalue weighted by atomic mass is 32.1. The van der Waals surface area contributed by atoms with E-state index in [9.17, 15) is 4.79 Å². The first-order chi connectivity index (χ1) is 9.88. The molecule has 1 aromatic rings. The third-order valence-electron chi connectivity index (χ3n) is 4.67. The number of piperidine rings is 1. The Bertz CT molecular complexity index is 500. The maximum absolute atomic E-state index is 10.9. The van der Waals surface area contributed by atoms with Crippen molar-refractivity contribution in [2.45, 2.75) is 53.0 Å². The van der Waals surface area contributed by atoms with Crippen LogP contribution in [0.4, 0.5) is 0 Å². The normalized spacial score (nSPS) is 23.0. The van der Waals surface area contributed by atoms with Crippen LogP contribution >= 0.6 is 11.3 Å². The molecule has 118 valence electrons. The number of rotatable bonds is 5. The molecule has 5 heteroatoms. The van der Waals surface area contributed by atoms with Crippen molar-refractivity contribution in [2.75, 3.05) is 13.1 Å². The van der Waals surface area contributed by atoms with E-state index < -0.39 is 5.97 Å². The molecular weight excluding hydrogens is 284 g/mol. The summed E-state index contributed by atoms with van der Waals surface area (Å²) in [5.74, 6) is 0.0479. The summed E-state index contributed by atoms with van der Waals surface area (Å²) in [6.07, 6.45) is 2.58. The second-order valence-electron chi connectivity index (χ2n) is 6.32. The van der Waals surface area contributed by atoms with Crippen LogP contribution in [-0.4, -0.2) is 34.0 Å². The summed E-state index contributed by atoms with van der Waals surface area (Å²) in [5.41, 5.74) is 1.20. The lowest BCUT2D eigenvalue weighted by atomic mass is 9.84. The highest BCUT2D eigenvalue weighted by Gasteiger charge is 2.30. The van der Waals surface area contributed by atoms with E-state index >= 15 is 0 Å². The van der Waals surface area contributed by atoms with Gasteiger partial charge in [-0.2, -0.15) is 0 Å². The summed E-state index contributed by atoms with van der Waals surface area (Å²) in [4.78, 5) is 19.4. The third kappa shape index (κ3) is 4.04. The van der Waals surface area contributed by atoms with E-state index in [1.54, 1.807) is 11.3 Å². The van der Waals surface area contributed by atoms with Crippen molar-refractivity contribution in [3.8, 4) is 0 Å². The second-order valence-corrected chi connectivity index (χ2v) is 7.73. The molecule has 3 unspecified atom stereocenters. The summed E-state index contributed by atoms with van der Waals surface area (Å²) < 4.78 is 0. The lowest BCUT2D eigenvalue weighted by Crippen LogP contribution is -2.40. The van der Waals surface area contributed by atoms with Crippen molar-refractivity contribution < 1.29 is 9.90 Å². The fourth-order valence-electron chi connectivity index (χ4n) is 3.40. The Balaban J connectivity index is 2.03. The molecule has 1 aliphatic rings. The van der Waals surface area contributed by atoms with Crippen molar-refractivity contribution in [2.24, 2.45) is 11.8 Å². The van der Waals surface area contributed by atoms with Gasteiger partial charge >= 0.3 is 5.97 Å². The van der Waals surface area contributed by atoms with Gasteiger partial charge in [0.25, 0.3) is 0 Å². The maximum atomic E-state index is 10.9. The average molecular weight is 310 g/mol. The predicted octanol–water partition coefficient (Wildman–Crippen LogP) is 3.64. The van der Waals surface area contributed by atoms with Gasteiger partial charge < -0.3 is 5.11 Å².